The van der Waals surface area contributed by atoms with Crippen molar-refractivity contribution in [1.82, 2.24) is 20.4 Å². The summed E-state index contributed by atoms with van der Waals surface area (Å²) in [7, 11) is 3.20. The van der Waals surface area contributed by atoms with Crippen LogP contribution in [0.1, 0.15) is 16.1 Å². The first-order chi connectivity index (χ1) is 14.7. The first-order valence-corrected chi connectivity index (χ1v) is 9.22. The van der Waals surface area contributed by atoms with Gasteiger partial charge in [0.1, 0.15) is 17.2 Å². The molecule has 0 radical (unpaired) electrons. The summed E-state index contributed by atoms with van der Waals surface area (Å²) in [4.78, 5) is 19.5. The predicted molar refractivity (Wildman–Crippen MR) is 110 cm³/mol. The molecule has 1 amide bonds. The fraction of sp³-hybridized carbons (Fsp3) is 0.136. The lowest BCUT2D eigenvalue weighted by Gasteiger charge is -2.09. The zero-order valence-corrected chi connectivity index (χ0v) is 16.5. The summed E-state index contributed by atoms with van der Waals surface area (Å²) in [6.07, 6.45) is 6.72. The van der Waals surface area contributed by atoms with Gasteiger partial charge < -0.3 is 24.3 Å². The SMILES string of the molecule is COc1ccc(OC)c(-c2cnoc2-c2c[nH]c(C(=O)NCc3cccnc3)c2)c1. The van der Waals surface area contributed by atoms with Gasteiger partial charge in [0.15, 0.2) is 5.76 Å². The highest BCUT2D eigenvalue weighted by molar-refractivity contribution is 5.94. The number of H-pyrrole nitrogens is 1. The summed E-state index contributed by atoms with van der Waals surface area (Å²) in [6.45, 7) is 0.385. The van der Waals surface area contributed by atoms with Crippen molar-refractivity contribution in [2.75, 3.05) is 14.2 Å². The summed E-state index contributed by atoms with van der Waals surface area (Å²) in [5, 5.41) is 6.80. The number of carbonyl (C=O) groups is 1. The zero-order valence-electron chi connectivity index (χ0n) is 16.5. The smallest absolute Gasteiger partial charge is 0.267 e. The number of benzene rings is 1. The highest BCUT2D eigenvalue weighted by Gasteiger charge is 2.19. The molecule has 2 N–H and O–H groups in total. The maximum absolute atomic E-state index is 12.5. The van der Waals surface area contributed by atoms with Gasteiger partial charge >= 0.3 is 0 Å². The number of nitrogens with zero attached hydrogens (tertiary/aromatic N) is 2. The lowest BCUT2D eigenvalue weighted by Crippen LogP contribution is -2.23. The third-order valence-corrected chi connectivity index (χ3v) is 4.63. The van der Waals surface area contributed by atoms with Crippen LogP contribution in [0.2, 0.25) is 0 Å². The average molecular weight is 404 g/mol. The molecule has 1 aromatic carbocycles. The molecule has 0 saturated heterocycles. The van der Waals surface area contributed by atoms with Crippen molar-refractivity contribution in [2.45, 2.75) is 6.54 Å². The number of amides is 1. The predicted octanol–water partition coefficient (Wildman–Crippen LogP) is 3.68. The van der Waals surface area contributed by atoms with Crippen molar-refractivity contribution >= 4 is 5.91 Å². The Morgan fingerprint density at radius 1 is 1.13 bits per heavy atom. The van der Waals surface area contributed by atoms with E-state index in [1.54, 1.807) is 45.1 Å². The molecule has 0 bridgehead atoms. The summed E-state index contributed by atoms with van der Waals surface area (Å²) in [5.41, 5.74) is 3.52. The number of hydrogen-bond acceptors (Lipinski definition) is 6. The molecule has 3 aromatic heterocycles. The minimum atomic E-state index is -0.231. The van der Waals surface area contributed by atoms with Gasteiger partial charge in [-0.3, -0.25) is 9.78 Å². The summed E-state index contributed by atoms with van der Waals surface area (Å²) >= 11 is 0. The van der Waals surface area contributed by atoms with Gasteiger partial charge in [-0.2, -0.15) is 0 Å². The first-order valence-electron chi connectivity index (χ1n) is 9.22. The van der Waals surface area contributed by atoms with Gasteiger partial charge in [-0.15, -0.1) is 0 Å². The molecule has 152 valence electrons. The molecular weight excluding hydrogens is 384 g/mol. The maximum Gasteiger partial charge on any atom is 0.267 e. The Kier molecular flexibility index (Phi) is 5.47. The number of aromatic amines is 1. The molecular formula is C22H20N4O4. The monoisotopic (exact) mass is 404 g/mol. The highest BCUT2D eigenvalue weighted by Crippen LogP contribution is 2.39. The largest absolute Gasteiger partial charge is 0.497 e. The number of ether oxygens (including phenoxy) is 2. The van der Waals surface area contributed by atoms with Crippen molar-refractivity contribution in [3.05, 3.63) is 72.4 Å². The second-order valence-corrected chi connectivity index (χ2v) is 6.48. The van der Waals surface area contributed by atoms with E-state index in [2.05, 4.69) is 20.4 Å². The Hall–Kier alpha value is -4.07. The Bertz CT molecular complexity index is 1150. The fourth-order valence-electron chi connectivity index (χ4n) is 3.10. The molecule has 0 unspecified atom stereocenters. The molecule has 8 nitrogen and oxygen atoms in total. The topological polar surface area (TPSA) is 102 Å². The molecule has 0 spiro atoms. The zero-order chi connectivity index (χ0) is 20.9. The lowest BCUT2D eigenvalue weighted by molar-refractivity contribution is 0.0946. The molecule has 0 saturated carbocycles. The quantitative estimate of drug-likeness (QED) is 0.487. The number of hydrogen-bond donors (Lipinski definition) is 2. The number of rotatable bonds is 7. The Morgan fingerprint density at radius 3 is 2.80 bits per heavy atom. The van der Waals surface area contributed by atoms with E-state index >= 15 is 0 Å². The molecule has 4 rings (SSSR count). The van der Waals surface area contributed by atoms with Crippen LogP contribution >= 0.6 is 0 Å². The van der Waals surface area contributed by atoms with Gasteiger partial charge in [0.05, 0.1) is 26.0 Å². The third kappa shape index (κ3) is 3.88. The van der Waals surface area contributed by atoms with Crippen molar-refractivity contribution in [2.24, 2.45) is 0 Å². The van der Waals surface area contributed by atoms with Crippen molar-refractivity contribution in [3.63, 3.8) is 0 Å². The Morgan fingerprint density at radius 2 is 2.03 bits per heavy atom. The van der Waals surface area contributed by atoms with Crippen LogP contribution in [0.3, 0.4) is 0 Å². The number of nitrogens with one attached hydrogen (secondary N) is 2. The summed E-state index contributed by atoms with van der Waals surface area (Å²) < 4.78 is 16.3. The number of aromatic nitrogens is 3. The molecule has 30 heavy (non-hydrogen) atoms. The van der Waals surface area contributed by atoms with Crippen LogP contribution in [0.25, 0.3) is 22.5 Å². The van der Waals surface area contributed by atoms with E-state index in [0.717, 1.165) is 16.7 Å². The number of pyridine rings is 1. The van der Waals surface area contributed by atoms with E-state index in [0.29, 0.717) is 35.1 Å². The molecule has 0 aliphatic heterocycles. The molecule has 0 atom stereocenters. The molecule has 8 heteroatoms. The van der Waals surface area contributed by atoms with Crippen molar-refractivity contribution < 1.29 is 18.8 Å². The van der Waals surface area contributed by atoms with Gasteiger partial charge in [0.25, 0.3) is 5.91 Å². The van der Waals surface area contributed by atoms with Gasteiger partial charge in [-0.05, 0) is 35.9 Å². The highest BCUT2D eigenvalue weighted by atomic mass is 16.5. The van der Waals surface area contributed by atoms with E-state index in [1.807, 2.05) is 30.3 Å². The molecule has 0 aliphatic carbocycles. The van der Waals surface area contributed by atoms with Crippen LogP contribution in [0.15, 0.2) is 65.7 Å². The lowest BCUT2D eigenvalue weighted by atomic mass is 10.0. The second-order valence-electron chi connectivity index (χ2n) is 6.48. The average Bonchev–Trinajstić information content (AvgIpc) is 3.47. The van der Waals surface area contributed by atoms with E-state index in [-0.39, 0.29) is 5.91 Å². The molecule has 3 heterocycles. The van der Waals surface area contributed by atoms with Crippen LogP contribution in [-0.2, 0) is 6.54 Å². The van der Waals surface area contributed by atoms with Gasteiger partial charge in [-0.25, -0.2) is 0 Å². The van der Waals surface area contributed by atoms with E-state index in [1.165, 1.54) is 0 Å². The van der Waals surface area contributed by atoms with E-state index in [9.17, 15) is 4.79 Å². The fourth-order valence-corrected chi connectivity index (χ4v) is 3.10. The Balaban J connectivity index is 1.58. The molecule has 0 fully saturated rings. The summed E-state index contributed by atoms with van der Waals surface area (Å²) in [5.74, 6) is 1.63. The number of carbonyl (C=O) groups excluding carboxylic acids is 1. The van der Waals surface area contributed by atoms with Crippen molar-refractivity contribution in [1.29, 1.82) is 0 Å². The van der Waals surface area contributed by atoms with Crippen LogP contribution in [0, 0.1) is 0 Å². The number of methoxy groups -OCH3 is 2. The minimum Gasteiger partial charge on any atom is -0.497 e. The first kappa shape index (κ1) is 19.3. The normalized spacial score (nSPS) is 10.6. The van der Waals surface area contributed by atoms with E-state index in [4.69, 9.17) is 14.0 Å². The molecule has 0 aliphatic rings. The van der Waals surface area contributed by atoms with Crippen LogP contribution in [0.4, 0.5) is 0 Å². The maximum atomic E-state index is 12.5. The summed E-state index contributed by atoms with van der Waals surface area (Å²) in [6, 6.07) is 10.9. The standard InChI is InChI=1S/C22H20N4O4/c1-28-16-5-6-20(29-2)17(9-16)18-13-26-30-21(18)15-8-19(24-12-15)22(27)25-11-14-4-3-7-23-10-14/h3-10,12-13,24H,11H2,1-2H3,(H,25,27). The second kappa shape index (κ2) is 8.52. The van der Waals surface area contributed by atoms with Crippen molar-refractivity contribution in [3.8, 4) is 33.9 Å². The van der Waals surface area contributed by atoms with Crippen LogP contribution < -0.4 is 14.8 Å². The molecule has 4 aromatic rings. The Labute approximate surface area is 172 Å². The van der Waals surface area contributed by atoms with Crippen LogP contribution in [-0.4, -0.2) is 35.3 Å². The van der Waals surface area contributed by atoms with Gasteiger partial charge in [-0.1, -0.05) is 11.2 Å². The third-order valence-electron chi connectivity index (χ3n) is 4.63. The van der Waals surface area contributed by atoms with E-state index < -0.39 is 0 Å². The van der Waals surface area contributed by atoms with Gasteiger partial charge in [0, 0.05) is 36.3 Å². The minimum absolute atomic E-state index is 0.231. The van der Waals surface area contributed by atoms with Gasteiger partial charge in [0.2, 0.25) is 0 Å². The van der Waals surface area contributed by atoms with Crippen LogP contribution in [0.5, 0.6) is 11.5 Å².